The van der Waals surface area contributed by atoms with Crippen molar-refractivity contribution in [3.8, 4) is 5.75 Å². The minimum Gasteiger partial charge on any atom is -0.497 e. The molecule has 0 saturated heterocycles. The number of carbonyl (C=O) groups excluding carboxylic acids is 1. The number of methoxy groups -OCH3 is 1. The summed E-state index contributed by atoms with van der Waals surface area (Å²) < 4.78 is 7.28. The number of nitrogens with one attached hydrogen (secondary N) is 1. The van der Waals surface area contributed by atoms with E-state index >= 15 is 0 Å². The number of fused-ring (bicyclic) bond motifs is 1. The van der Waals surface area contributed by atoms with E-state index in [2.05, 4.69) is 39.6 Å². The van der Waals surface area contributed by atoms with Crippen LogP contribution in [-0.2, 0) is 11.3 Å². The zero-order valence-corrected chi connectivity index (χ0v) is 17.8. The van der Waals surface area contributed by atoms with E-state index in [0.717, 1.165) is 31.0 Å². The van der Waals surface area contributed by atoms with Crippen LogP contribution in [0.25, 0.3) is 10.8 Å². The highest BCUT2D eigenvalue weighted by Crippen LogP contribution is 2.31. The predicted molar refractivity (Wildman–Crippen MR) is 120 cm³/mol. The number of nitrogens with zero attached hydrogens (tertiary/aromatic N) is 3. The smallest absolute Gasteiger partial charge is 0.226 e. The Morgan fingerprint density at radius 1 is 1.17 bits per heavy atom. The Labute approximate surface area is 177 Å². The molecule has 0 spiro atoms. The Balaban J connectivity index is 1.29. The van der Waals surface area contributed by atoms with Gasteiger partial charge in [-0.25, -0.2) is 4.68 Å². The molecule has 1 N–H and O–H groups in total. The summed E-state index contributed by atoms with van der Waals surface area (Å²) in [5, 5.41) is 9.83. The summed E-state index contributed by atoms with van der Waals surface area (Å²) in [4.78, 5) is 14.7. The van der Waals surface area contributed by atoms with Crippen LogP contribution in [0.1, 0.15) is 43.7 Å². The fourth-order valence-electron chi connectivity index (χ4n) is 4.24. The van der Waals surface area contributed by atoms with Gasteiger partial charge in [-0.3, -0.25) is 4.79 Å². The minimum absolute atomic E-state index is 0.0344. The lowest BCUT2D eigenvalue weighted by atomic mass is 10.1. The van der Waals surface area contributed by atoms with Crippen molar-refractivity contribution in [3.05, 3.63) is 54.2 Å². The summed E-state index contributed by atoms with van der Waals surface area (Å²) in [5.41, 5.74) is 1.23. The number of anilines is 1. The van der Waals surface area contributed by atoms with Gasteiger partial charge in [-0.05, 0) is 54.4 Å². The predicted octanol–water partition coefficient (Wildman–Crippen LogP) is 4.62. The normalized spacial score (nSPS) is 14.5. The first-order chi connectivity index (χ1) is 14.6. The number of aromatic nitrogens is 2. The van der Waals surface area contributed by atoms with E-state index < -0.39 is 0 Å². The van der Waals surface area contributed by atoms with Gasteiger partial charge in [0.25, 0.3) is 0 Å². The zero-order valence-electron chi connectivity index (χ0n) is 17.8. The SMILES string of the molecule is COc1ccc2cc(CN(C)CCC(=O)Nc3ccnn3C3CCCC3)ccc2c1. The average molecular weight is 407 g/mol. The van der Waals surface area contributed by atoms with E-state index in [1.165, 1.54) is 29.2 Å². The molecule has 1 amide bonds. The fraction of sp³-hybridized carbons (Fsp3) is 0.417. The second kappa shape index (κ2) is 9.30. The van der Waals surface area contributed by atoms with Crippen molar-refractivity contribution in [2.45, 2.75) is 44.7 Å². The quantitative estimate of drug-likeness (QED) is 0.593. The lowest BCUT2D eigenvalue weighted by Crippen LogP contribution is -2.25. The molecule has 0 bridgehead atoms. The van der Waals surface area contributed by atoms with Crippen LogP contribution in [0, 0.1) is 0 Å². The molecule has 1 aromatic heterocycles. The molecule has 4 rings (SSSR count). The van der Waals surface area contributed by atoms with Crippen LogP contribution < -0.4 is 10.1 Å². The van der Waals surface area contributed by atoms with Gasteiger partial charge >= 0.3 is 0 Å². The maximum atomic E-state index is 12.5. The largest absolute Gasteiger partial charge is 0.497 e. The summed E-state index contributed by atoms with van der Waals surface area (Å²) in [6.45, 7) is 1.50. The molecular weight excluding hydrogens is 376 g/mol. The average Bonchev–Trinajstić information content (AvgIpc) is 3.43. The molecule has 3 aromatic rings. The van der Waals surface area contributed by atoms with Gasteiger partial charge in [0, 0.05) is 25.6 Å². The molecule has 1 heterocycles. The Hall–Kier alpha value is -2.86. The Morgan fingerprint density at radius 3 is 2.73 bits per heavy atom. The van der Waals surface area contributed by atoms with Crippen LogP contribution in [-0.4, -0.2) is 41.3 Å². The standard InChI is InChI=1S/C24H30N4O2/c1-27(17-18-7-8-20-16-22(30-2)10-9-19(20)15-18)14-12-24(29)26-23-11-13-25-28(23)21-5-3-4-6-21/h7-11,13,15-16,21H,3-6,12,14,17H2,1-2H3,(H,26,29). The molecular formula is C24H30N4O2. The summed E-state index contributed by atoms with van der Waals surface area (Å²) in [6, 6.07) is 14.9. The van der Waals surface area contributed by atoms with E-state index in [1.807, 2.05) is 29.9 Å². The van der Waals surface area contributed by atoms with Gasteiger partial charge in [0.1, 0.15) is 11.6 Å². The second-order valence-corrected chi connectivity index (χ2v) is 8.18. The van der Waals surface area contributed by atoms with Crippen LogP contribution in [0.4, 0.5) is 5.82 Å². The first-order valence-corrected chi connectivity index (χ1v) is 10.7. The molecule has 1 fully saturated rings. The highest BCUT2D eigenvalue weighted by atomic mass is 16.5. The number of hydrogen-bond acceptors (Lipinski definition) is 4. The van der Waals surface area contributed by atoms with E-state index in [9.17, 15) is 4.79 Å². The van der Waals surface area contributed by atoms with Gasteiger partial charge in [0.05, 0.1) is 19.3 Å². The summed E-state index contributed by atoms with van der Waals surface area (Å²) in [6.07, 6.45) is 7.00. The molecule has 6 nitrogen and oxygen atoms in total. The molecule has 1 aliphatic carbocycles. The third-order valence-electron chi connectivity index (χ3n) is 5.89. The molecule has 1 aliphatic rings. The Bertz CT molecular complexity index is 1010. The van der Waals surface area contributed by atoms with E-state index in [4.69, 9.17) is 4.74 Å². The van der Waals surface area contributed by atoms with Crippen molar-refractivity contribution in [1.29, 1.82) is 0 Å². The molecule has 30 heavy (non-hydrogen) atoms. The second-order valence-electron chi connectivity index (χ2n) is 8.18. The van der Waals surface area contributed by atoms with Crippen LogP contribution in [0.15, 0.2) is 48.7 Å². The monoisotopic (exact) mass is 406 g/mol. The first-order valence-electron chi connectivity index (χ1n) is 10.7. The van der Waals surface area contributed by atoms with Crippen molar-refractivity contribution in [2.75, 3.05) is 26.0 Å². The third kappa shape index (κ3) is 4.82. The lowest BCUT2D eigenvalue weighted by molar-refractivity contribution is -0.116. The topological polar surface area (TPSA) is 59.4 Å². The van der Waals surface area contributed by atoms with Crippen LogP contribution in [0.5, 0.6) is 5.75 Å². The van der Waals surface area contributed by atoms with E-state index in [-0.39, 0.29) is 5.91 Å². The van der Waals surface area contributed by atoms with E-state index in [0.29, 0.717) is 19.0 Å². The van der Waals surface area contributed by atoms with E-state index in [1.54, 1.807) is 13.3 Å². The van der Waals surface area contributed by atoms with Crippen molar-refractivity contribution in [3.63, 3.8) is 0 Å². The number of amides is 1. The number of carbonyl (C=O) groups is 1. The molecule has 158 valence electrons. The maximum absolute atomic E-state index is 12.5. The number of rotatable bonds is 8. The molecule has 6 heteroatoms. The summed E-state index contributed by atoms with van der Waals surface area (Å²) >= 11 is 0. The van der Waals surface area contributed by atoms with Gasteiger partial charge < -0.3 is 15.0 Å². The lowest BCUT2D eigenvalue weighted by Gasteiger charge is -2.18. The maximum Gasteiger partial charge on any atom is 0.226 e. The zero-order chi connectivity index (χ0) is 20.9. The van der Waals surface area contributed by atoms with Crippen molar-refractivity contribution >= 4 is 22.5 Å². The van der Waals surface area contributed by atoms with Crippen LogP contribution in [0.3, 0.4) is 0 Å². The van der Waals surface area contributed by atoms with Gasteiger partial charge in [0.2, 0.25) is 5.91 Å². The van der Waals surface area contributed by atoms with Crippen molar-refractivity contribution in [2.24, 2.45) is 0 Å². The van der Waals surface area contributed by atoms with Crippen molar-refractivity contribution in [1.82, 2.24) is 14.7 Å². The van der Waals surface area contributed by atoms with Gasteiger partial charge in [-0.15, -0.1) is 0 Å². The summed E-state index contributed by atoms with van der Waals surface area (Å²) in [5.74, 6) is 1.72. The fourth-order valence-corrected chi connectivity index (χ4v) is 4.24. The van der Waals surface area contributed by atoms with Crippen molar-refractivity contribution < 1.29 is 9.53 Å². The number of benzene rings is 2. The first kappa shape index (κ1) is 20.4. The molecule has 0 radical (unpaired) electrons. The summed E-state index contributed by atoms with van der Waals surface area (Å²) in [7, 11) is 3.73. The molecule has 0 atom stereocenters. The van der Waals surface area contributed by atoms with Gasteiger partial charge in [0.15, 0.2) is 0 Å². The Kier molecular flexibility index (Phi) is 6.33. The number of ether oxygens (including phenoxy) is 1. The van der Waals surface area contributed by atoms with Gasteiger partial charge in [-0.2, -0.15) is 5.10 Å². The molecule has 0 unspecified atom stereocenters. The van der Waals surface area contributed by atoms with Crippen LogP contribution in [0.2, 0.25) is 0 Å². The third-order valence-corrected chi connectivity index (χ3v) is 5.89. The number of hydrogen-bond donors (Lipinski definition) is 1. The molecule has 1 saturated carbocycles. The Morgan fingerprint density at radius 2 is 1.93 bits per heavy atom. The van der Waals surface area contributed by atoms with Crippen LogP contribution >= 0.6 is 0 Å². The van der Waals surface area contributed by atoms with Gasteiger partial charge in [-0.1, -0.05) is 31.0 Å². The molecule has 2 aromatic carbocycles. The highest BCUT2D eigenvalue weighted by molar-refractivity contribution is 5.90. The highest BCUT2D eigenvalue weighted by Gasteiger charge is 2.20. The minimum atomic E-state index is 0.0344. The molecule has 0 aliphatic heterocycles.